The van der Waals surface area contributed by atoms with Crippen molar-refractivity contribution >= 4 is 5.78 Å². The molecule has 3 N–H and O–H groups in total. The van der Waals surface area contributed by atoms with Crippen molar-refractivity contribution in [2.75, 3.05) is 13.6 Å². The van der Waals surface area contributed by atoms with E-state index < -0.39 is 0 Å². The topological polar surface area (TPSA) is 69.6 Å². The first-order valence-electron chi connectivity index (χ1n) is 4.69. The Kier molecular flexibility index (Phi) is 3.31. The van der Waals surface area contributed by atoms with Crippen molar-refractivity contribution in [3.63, 3.8) is 0 Å². The summed E-state index contributed by atoms with van der Waals surface area (Å²) in [5.74, 6) is -0.514. The largest absolute Gasteiger partial charge is 0.504 e. The van der Waals surface area contributed by atoms with Crippen LogP contribution in [0.15, 0.2) is 6.07 Å². The molecule has 0 amide bonds. The van der Waals surface area contributed by atoms with Crippen molar-refractivity contribution < 1.29 is 15.0 Å². The summed E-state index contributed by atoms with van der Waals surface area (Å²) in [4.78, 5) is 11.6. The lowest BCUT2D eigenvalue weighted by molar-refractivity contribution is 0.0992. The third-order valence-corrected chi connectivity index (χ3v) is 2.48. The van der Waals surface area contributed by atoms with Gasteiger partial charge in [-0.15, -0.1) is 0 Å². The zero-order chi connectivity index (χ0) is 11.6. The van der Waals surface area contributed by atoms with E-state index in [9.17, 15) is 15.0 Å². The summed E-state index contributed by atoms with van der Waals surface area (Å²) < 4.78 is 0. The Hall–Kier alpha value is -1.55. The van der Waals surface area contributed by atoms with Gasteiger partial charge in [0.15, 0.2) is 17.3 Å². The number of carbonyl (C=O) groups excluding carboxylic acids is 1. The van der Waals surface area contributed by atoms with E-state index in [1.54, 1.807) is 20.9 Å². The first-order chi connectivity index (χ1) is 6.99. The molecule has 4 heteroatoms. The summed E-state index contributed by atoms with van der Waals surface area (Å²) in [5.41, 5.74) is 1.68. The predicted molar refractivity (Wildman–Crippen MR) is 57.5 cm³/mol. The minimum absolute atomic E-state index is 0.103. The first-order valence-corrected chi connectivity index (χ1v) is 4.69. The van der Waals surface area contributed by atoms with E-state index in [0.29, 0.717) is 16.7 Å². The molecule has 0 radical (unpaired) electrons. The Morgan fingerprint density at radius 2 is 1.93 bits per heavy atom. The van der Waals surface area contributed by atoms with Gasteiger partial charge in [-0.1, -0.05) is 0 Å². The molecule has 0 fully saturated rings. The zero-order valence-electron chi connectivity index (χ0n) is 9.09. The van der Waals surface area contributed by atoms with Crippen LogP contribution >= 0.6 is 0 Å². The molecule has 0 aliphatic heterocycles. The molecule has 15 heavy (non-hydrogen) atoms. The van der Waals surface area contributed by atoms with Gasteiger partial charge >= 0.3 is 0 Å². The second-order valence-corrected chi connectivity index (χ2v) is 3.50. The third-order valence-electron chi connectivity index (χ3n) is 2.48. The molecule has 0 atom stereocenters. The van der Waals surface area contributed by atoms with E-state index in [1.165, 1.54) is 6.07 Å². The number of Topliss-reactive ketones (excluding diaryl/α,β-unsaturated/α-hetero) is 1. The van der Waals surface area contributed by atoms with Crippen molar-refractivity contribution in [2.45, 2.75) is 13.8 Å². The van der Waals surface area contributed by atoms with Crippen molar-refractivity contribution in [2.24, 2.45) is 0 Å². The lowest BCUT2D eigenvalue weighted by atomic mass is 9.98. The number of phenolic OH excluding ortho intramolecular Hbond substituents is 2. The summed E-state index contributed by atoms with van der Waals surface area (Å²) in [5, 5.41) is 21.6. The lowest BCUT2D eigenvalue weighted by Crippen LogP contribution is -2.19. The number of carbonyl (C=O) groups is 1. The molecule has 1 rings (SSSR count). The Labute approximate surface area is 88.6 Å². The van der Waals surface area contributed by atoms with Crippen LogP contribution in [0.25, 0.3) is 0 Å². The molecule has 0 spiro atoms. The molecule has 1 aromatic carbocycles. The average molecular weight is 209 g/mol. The normalized spacial score (nSPS) is 10.3. The van der Waals surface area contributed by atoms with Crippen LogP contribution in [-0.2, 0) is 0 Å². The highest BCUT2D eigenvalue weighted by atomic mass is 16.3. The standard InChI is InChI=1S/C11H15NO3/c1-6-7(2)11(15)9(13)4-8(6)10(14)5-12-3/h4,12-13,15H,5H2,1-3H3. The minimum Gasteiger partial charge on any atom is -0.504 e. The molecule has 82 valence electrons. The molecule has 0 saturated heterocycles. The maximum atomic E-state index is 11.6. The molecule has 0 aliphatic carbocycles. The van der Waals surface area contributed by atoms with Gasteiger partial charge in [0.2, 0.25) is 0 Å². The monoisotopic (exact) mass is 209 g/mol. The zero-order valence-corrected chi connectivity index (χ0v) is 9.09. The smallest absolute Gasteiger partial charge is 0.177 e. The van der Waals surface area contributed by atoms with E-state index in [2.05, 4.69) is 5.32 Å². The molecule has 0 aliphatic rings. The minimum atomic E-state index is -0.252. The fraction of sp³-hybridized carbons (Fsp3) is 0.364. The first kappa shape index (κ1) is 11.5. The van der Waals surface area contributed by atoms with Crippen molar-refractivity contribution in [1.29, 1.82) is 0 Å². The molecule has 0 aromatic heterocycles. The van der Waals surface area contributed by atoms with Gasteiger partial charge in [0.25, 0.3) is 0 Å². The SMILES string of the molecule is CNCC(=O)c1cc(O)c(O)c(C)c1C. The quantitative estimate of drug-likeness (QED) is 0.515. The van der Waals surface area contributed by atoms with Gasteiger partial charge in [-0.2, -0.15) is 0 Å². The molecule has 0 bridgehead atoms. The maximum Gasteiger partial charge on any atom is 0.177 e. The molecule has 0 saturated carbocycles. The Morgan fingerprint density at radius 1 is 1.33 bits per heavy atom. The number of rotatable bonds is 3. The van der Waals surface area contributed by atoms with Crippen molar-refractivity contribution in [3.8, 4) is 11.5 Å². The van der Waals surface area contributed by atoms with Crippen molar-refractivity contribution in [3.05, 3.63) is 22.8 Å². The van der Waals surface area contributed by atoms with Crippen LogP contribution in [-0.4, -0.2) is 29.6 Å². The van der Waals surface area contributed by atoms with E-state index in [4.69, 9.17) is 0 Å². The van der Waals surface area contributed by atoms with Crippen molar-refractivity contribution in [1.82, 2.24) is 5.32 Å². The maximum absolute atomic E-state index is 11.6. The Bertz CT molecular complexity index is 399. The van der Waals surface area contributed by atoms with Crippen LogP contribution < -0.4 is 5.32 Å². The van der Waals surface area contributed by atoms with Gasteiger partial charge in [-0.3, -0.25) is 4.79 Å². The third kappa shape index (κ3) is 2.10. The Balaban J connectivity index is 3.26. The molecular weight excluding hydrogens is 194 g/mol. The number of hydrogen-bond acceptors (Lipinski definition) is 4. The average Bonchev–Trinajstić information content (AvgIpc) is 2.20. The van der Waals surface area contributed by atoms with Crippen LogP contribution in [0.1, 0.15) is 21.5 Å². The highest BCUT2D eigenvalue weighted by molar-refractivity contribution is 6.00. The number of likely N-dealkylation sites (N-methyl/N-ethyl adjacent to an activating group) is 1. The summed E-state index contributed by atoms with van der Waals surface area (Å²) >= 11 is 0. The molecular formula is C11H15NO3. The van der Waals surface area contributed by atoms with E-state index in [1.807, 2.05) is 0 Å². The van der Waals surface area contributed by atoms with E-state index in [-0.39, 0.29) is 23.8 Å². The van der Waals surface area contributed by atoms with Crippen LogP contribution in [0.5, 0.6) is 11.5 Å². The summed E-state index contributed by atoms with van der Waals surface area (Å²) in [7, 11) is 1.68. The highest BCUT2D eigenvalue weighted by Crippen LogP contribution is 2.33. The van der Waals surface area contributed by atoms with Gasteiger partial charge in [0.05, 0.1) is 6.54 Å². The summed E-state index contributed by atoms with van der Waals surface area (Å²) in [6, 6.07) is 1.30. The molecule has 0 unspecified atom stereocenters. The molecule has 1 aromatic rings. The second-order valence-electron chi connectivity index (χ2n) is 3.50. The summed E-state index contributed by atoms with van der Waals surface area (Å²) in [6.45, 7) is 3.63. The van der Waals surface area contributed by atoms with Crippen LogP contribution in [0.2, 0.25) is 0 Å². The van der Waals surface area contributed by atoms with Gasteiger partial charge in [0, 0.05) is 5.56 Å². The second kappa shape index (κ2) is 4.31. The number of phenols is 2. The number of hydrogen-bond donors (Lipinski definition) is 3. The molecule has 0 heterocycles. The fourth-order valence-electron chi connectivity index (χ4n) is 1.43. The van der Waals surface area contributed by atoms with Gasteiger partial charge in [-0.25, -0.2) is 0 Å². The Morgan fingerprint density at radius 3 is 2.47 bits per heavy atom. The lowest BCUT2D eigenvalue weighted by Gasteiger charge is -2.10. The fourth-order valence-corrected chi connectivity index (χ4v) is 1.43. The summed E-state index contributed by atoms with van der Waals surface area (Å²) in [6.07, 6.45) is 0. The van der Waals surface area contributed by atoms with Crippen LogP contribution in [0, 0.1) is 13.8 Å². The predicted octanol–water partition coefficient (Wildman–Crippen LogP) is 1.12. The van der Waals surface area contributed by atoms with E-state index in [0.717, 1.165) is 0 Å². The number of nitrogens with one attached hydrogen (secondary N) is 1. The van der Waals surface area contributed by atoms with Crippen LogP contribution in [0.3, 0.4) is 0 Å². The highest BCUT2D eigenvalue weighted by Gasteiger charge is 2.15. The molecule has 4 nitrogen and oxygen atoms in total. The number of aromatic hydroxyl groups is 2. The van der Waals surface area contributed by atoms with Gasteiger partial charge in [-0.05, 0) is 38.1 Å². The van der Waals surface area contributed by atoms with E-state index >= 15 is 0 Å². The van der Waals surface area contributed by atoms with Crippen LogP contribution in [0.4, 0.5) is 0 Å². The van der Waals surface area contributed by atoms with Gasteiger partial charge in [0.1, 0.15) is 0 Å². The number of ketones is 1. The van der Waals surface area contributed by atoms with Gasteiger partial charge < -0.3 is 15.5 Å². The number of benzene rings is 1.